The molecule has 2 N–H and O–H groups in total. The van der Waals surface area contributed by atoms with Gasteiger partial charge in [-0.3, -0.25) is 14.4 Å². The number of carboxylic acids is 2. The summed E-state index contributed by atoms with van der Waals surface area (Å²) in [5.74, 6) is -3.02. The second kappa shape index (κ2) is 7.59. The smallest absolute Gasteiger partial charge is 0.308 e. The topological polar surface area (TPSA) is 94.9 Å². The Hall–Kier alpha value is -2.37. The summed E-state index contributed by atoms with van der Waals surface area (Å²) in [6.07, 6.45) is -0.0933. The van der Waals surface area contributed by atoms with Crippen molar-refractivity contribution in [2.24, 2.45) is 11.8 Å². The van der Waals surface area contributed by atoms with Crippen LogP contribution in [-0.2, 0) is 20.8 Å². The monoisotopic (exact) mass is 307 g/mol. The van der Waals surface area contributed by atoms with Crippen LogP contribution in [0.2, 0.25) is 0 Å². The number of hydrogen-bond acceptors (Lipinski definition) is 3. The fourth-order valence-electron chi connectivity index (χ4n) is 1.95. The summed E-state index contributed by atoms with van der Waals surface area (Å²) < 4.78 is 0. The molecule has 6 heteroatoms. The molecule has 1 amide bonds. The average Bonchev–Trinajstić information content (AvgIpc) is 2.44. The maximum atomic E-state index is 12.3. The number of hydrogen-bond donors (Lipinski definition) is 2. The molecular weight excluding hydrogens is 286 g/mol. The SMILES string of the molecule is CC(C)C(=O)N(CC(C)C(=O)O)c1ccc(CC(=O)O)cc1. The molecule has 0 fully saturated rings. The zero-order valence-corrected chi connectivity index (χ0v) is 12.9. The van der Waals surface area contributed by atoms with Crippen LogP contribution in [0, 0.1) is 11.8 Å². The third-order valence-corrected chi connectivity index (χ3v) is 3.24. The quantitative estimate of drug-likeness (QED) is 0.803. The van der Waals surface area contributed by atoms with Gasteiger partial charge < -0.3 is 15.1 Å². The summed E-state index contributed by atoms with van der Waals surface area (Å²) in [6.45, 7) is 5.12. The zero-order chi connectivity index (χ0) is 16.9. The molecule has 0 aromatic heterocycles. The first-order valence-electron chi connectivity index (χ1n) is 7.07. The lowest BCUT2D eigenvalue weighted by molar-refractivity contribution is -0.141. The van der Waals surface area contributed by atoms with Crippen molar-refractivity contribution in [3.05, 3.63) is 29.8 Å². The van der Waals surface area contributed by atoms with Gasteiger partial charge in [0.25, 0.3) is 0 Å². The summed E-state index contributed by atoms with van der Waals surface area (Å²) in [5.41, 5.74) is 1.19. The van der Waals surface area contributed by atoms with Gasteiger partial charge in [-0.25, -0.2) is 0 Å². The van der Waals surface area contributed by atoms with Gasteiger partial charge in [0, 0.05) is 18.2 Å². The first kappa shape index (κ1) is 17.7. The summed E-state index contributed by atoms with van der Waals surface area (Å²) in [7, 11) is 0. The molecule has 0 aliphatic rings. The second-order valence-electron chi connectivity index (χ2n) is 5.58. The van der Waals surface area contributed by atoms with Crippen molar-refractivity contribution in [3.8, 4) is 0 Å². The van der Waals surface area contributed by atoms with E-state index < -0.39 is 17.9 Å². The van der Waals surface area contributed by atoms with Crippen LogP contribution in [0.25, 0.3) is 0 Å². The summed E-state index contributed by atoms with van der Waals surface area (Å²) >= 11 is 0. The van der Waals surface area contributed by atoms with Gasteiger partial charge in [-0.05, 0) is 17.7 Å². The summed E-state index contributed by atoms with van der Waals surface area (Å²) in [4.78, 5) is 35.4. The van der Waals surface area contributed by atoms with Crippen molar-refractivity contribution < 1.29 is 24.6 Å². The molecule has 6 nitrogen and oxygen atoms in total. The molecule has 0 aliphatic carbocycles. The van der Waals surface area contributed by atoms with E-state index in [4.69, 9.17) is 10.2 Å². The van der Waals surface area contributed by atoms with Crippen molar-refractivity contribution in [2.75, 3.05) is 11.4 Å². The minimum Gasteiger partial charge on any atom is -0.481 e. The highest BCUT2D eigenvalue weighted by Gasteiger charge is 2.23. The highest BCUT2D eigenvalue weighted by atomic mass is 16.4. The zero-order valence-electron chi connectivity index (χ0n) is 12.9. The molecule has 1 aromatic rings. The number of carbonyl (C=O) groups excluding carboxylic acids is 1. The van der Waals surface area contributed by atoms with Crippen LogP contribution in [-0.4, -0.2) is 34.6 Å². The average molecular weight is 307 g/mol. The van der Waals surface area contributed by atoms with Crippen LogP contribution in [0.1, 0.15) is 26.3 Å². The van der Waals surface area contributed by atoms with Crippen LogP contribution < -0.4 is 4.90 Å². The Morgan fingerprint density at radius 1 is 1.05 bits per heavy atom. The molecule has 0 spiro atoms. The Bertz CT molecular complexity index is 550. The van der Waals surface area contributed by atoms with Gasteiger partial charge in [0.05, 0.1) is 12.3 Å². The Labute approximate surface area is 129 Å². The fraction of sp³-hybridized carbons (Fsp3) is 0.438. The molecule has 120 valence electrons. The van der Waals surface area contributed by atoms with Gasteiger partial charge in [0.1, 0.15) is 0 Å². The van der Waals surface area contributed by atoms with Gasteiger partial charge in [-0.2, -0.15) is 0 Å². The minimum atomic E-state index is -0.968. The van der Waals surface area contributed by atoms with Crippen molar-refractivity contribution in [1.29, 1.82) is 0 Å². The molecule has 0 bridgehead atoms. The second-order valence-corrected chi connectivity index (χ2v) is 5.58. The van der Waals surface area contributed by atoms with E-state index in [-0.39, 0.29) is 24.8 Å². The van der Waals surface area contributed by atoms with Crippen LogP contribution in [0.4, 0.5) is 5.69 Å². The lowest BCUT2D eigenvalue weighted by atomic mass is 10.1. The molecule has 0 saturated carbocycles. The largest absolute Gasteiger partial charge is 0.481 e. The molecule has 1 atom stereocenters. The molecule has 0 saturated heterocycles. The number of carbonyl (C=O) groups is 3. The highest BCUT2D eigenvalue weighted by molar-refractivity contribution is 5.95. The number of benzene rings is 1. The molecule has 0 aliphatic heterocycles. The minimum absolute atomic E-state index is 0.0740. The van der Waals surface area contributed by atoms with Crippen LogP contribution >= 0.6 is 0 Å². The molecule has 1 aromatic carbocycles. The maximum Gasteiger partial charge on any atom is 0.308 e. The highest BCUT2D eigenvalue weighted by Crippen LogP contribution is 2.20. The number of aliphatic carboxylic acids is 2. The molecule has 0 radical (unpaired) electrons. The van der Waals surface area contributed by atoms with Gasteiger partial charge in [-0.1, -0.05) is 32.9 Å². The fourth-order valence-corrected chi connectivity index (χ4v) is 1.95. The molecular formula is C16H21NO5. The van der Waals surface area contributed by atoms with E-state index in [1.807, 2.05) is 0 Å². The third kappa shape index (κ3) is 4.87. The van der Waals surface area contributed by atoms with E-state index in [2.05, 4.69) is 0 Å². The number of amides is 1. The third-order valence-electron chi connectivity index (χ3n) is 3.24. The van der Waals surface area contributed by atoms with Gasteiger partial charge in [-0.15, -0.1) is 0 Å². The van der Waals surface area contributed by atoms with Crippen LogP contribution in [0.3, 0.4) is 0 Å². The lowest BCUT2D eigenvalue weighted by Gasteiger charge is -2.26. The Morgan fingerprint density at radius 2 is 1.59 bits per heavy atom. The first-order chi connectivity index (χ1) is 10.2. The van der Waals surface area contributed by atoms with Crippen LogP contribution in [0.5, 0.6) is 0 Å². The Morgan fingerprint density at radius 3 is 2.00 bits per heavy atom. The van der Waals surface area contributed by atoms with Gasteiger partial charge >= 0.3 is 11.9 Å². The predicted molar refractivity (Wildman–Crippen MR) is 81.8 cm³/mol. The van der Waals surface area contributed by atoms with Crippen LogP contribution in [0.15, 0.2) is 24.3 Å². The number of nitrogens with zero attached hydrogens (tertiary/aromatic N) is 1. The standard InChI is InChI=1S/C16H21NO5/c1-10(2)15(20)17(9-11(3)16(21)22)13-6-4-12(5-7-13)8-14(18)19/h4-7,10-11H,8-9H2,1-3H3,(H,18,19)(H,21,22). The Balaban J connectivity index is 3.02. The lowest BCUT2D eigenvalue weighted by Crippen LogP contribution is -2.39. The molecule has 1 rings (SSSR count). The van der Waals surface area contributed by atoms with Crippen molar-refractivity contribution in [3.63, 3.8) is 0 Å². The summed E-state index contributed by atoms with van der Waals surface area (Å²) in [6, 6.07) is 6.56. The van der Waals surface area contributed by atoms with Crippen molar-refractivity contribution in [2.45, 2.75) is 27.2 Å². The van der Waals surface area contributed by atoms with E-state index in [0.29, 0.717) is 11.3 Å². The predicted octanol–water partition coefficient (Wildman–Crippen LogP) is 2.02. The number of rotatable bonds is 7. The Kier molecular flexibility index (Phi) is 6.10. The first-order valence-corrected chi connectivity index (χ1v) is 7.07. The van der Waals surface area contributed by atoms with E-state index in [9.17, 15) is 14.4 Å². The maximum absolute atomic E-state index is 12.3. The van der Waals surface area contributed by atoms with E-state index in [1.54, 1.807) is 45.0 Å². The van der Waals surface area contributed by atoms with Gasteiger partial charge in [0.2, 0.25) is 5.91 Å². The molecule has 22 heavy (non-hydrogen) atoms. The van der Waals surface area contributed by atoms with E-state index in [0.717, 1.165) is 0 Å². The normalized spacial score (nSPS) is 12.0. The molecule has 0 heterocycles. The van der Waals surface area contributed by atoms with Crippen molar-refractivity contribution >= 4 is 23.5 Å². The number of carboxylic acid groups (broad SMARTS) is 2. The van der Waals surface area contributed by atoms with Gasteiger partial charge in [0.15, 0.2) is 0 Å². The number of anilines is 1. The van der Waals surface area contributed by atoms with E-state index >= 15 is 0 Å². The van der Waals surface area contributed by atoms with Crippen molar-refractivity contribution in [1.82, 2.24) is 0 Å². The molecule has 1 unspecified atom stereocenters. The van der Waals surface area contributed by atoms with E-state index in [1.165, 1.54) is 4.90 Å². The summed E-state index contributed by atoms with van der Waals surface area (Å²) in [5, 5.41) is 17.8.